The lowest BCUT2D eigenvalue weighted by molar-refractivity contribution is -0.895. The van der Waals surface area contributed by atoms with Crippen molar-refractivity contribution in [2.24, 2.45) is 0 Å². The third-order valence-corrected chi connectivity index (χ3v) is 5.26. The minimum atomic E-state index is -0.108. The van der Waals surface area contributed by atoms with Crippen molar-refractivity contribution in [1.82, 2.24) is 9.47 Å². The molecular weight excluding hydrogens is 346 g/mol. The van der Waals surface area contributed by atoms with Crippen molar-refractivity contribution in [1.29, 1.82) is 5.26 Å². The average Bonchev–Trinajstić information content (AvgIpc) is 2.86. The number of piperazine rings is 1. The second-order valence-electron chi connectivity index (χ2n) is 7.02. The topological polar surface area (TPSA) is 91.8 Å². The molecule has 1 saturated heterocycles. The molecular formula is C19H30N5O3+. The van der Waals surface area contributed by atoms with E-state index in [9.17, 15) is 14.9 Å². The van der Waals surface area contributed by atoms with Crippen LogP contribution in [0.15, 0.2) is 0 Å². The van der Waals surface area contributed by atoms with E-state index in [2.05, 4.69) is 11.4 Å². The molecule has 0 radical (unpaired) electrons. The van der Waals surface area contributed by atoms with Gasteiger partial charge in [-0.15, -0.1) is 0 Å². The number of nitrogens with zero attached hydrogens (tertiary/aromatic N) is 3. The predicted molar refractivity (Wildman–Crippen MR) is 102 cm³/mol. The minimum absolute atomic E-state index is 0.0806. The van der Waals surface area contributed by atoms with Crippen LogP contribution in [0.4, 0.5) is 5.82 Å². The summed E-state index contributed by atoms with van der Waals surface area (Å²) in [5.74, 6) is 0.552. The maximum absolute atomic E-state index is 12.6. The second-order valence-corrected chi connectivity index (χ2v) is 7.02. The van der Waals surface area contributed by atoms with Crippen molar-refractivity contribution in [2.45, 2.75) is 33.7 Å². The Kier molecular flexibility index (Phi) is 7.39. The van der Waals surface area contributed by atoms with Crippen LogP contribution in [0.3, 0.4) is 0 Å². The highest BCUT2D eigenvalue weighted by Crippen LogP contribution is 2.26. The maximum Gasteiger partial charge on any atom is 0.280 e. The summed E-state index contributed by atoms with van der Waals surface area (Å²) in [5, 5.41) is 12.5. The SMILES string of the molecule is COCCCn1c(C)c(C)c(C#N)c1NC(=O)C[NH+]1CCN(C(C)=O)CC1. The number of hydrogen-bond donors (Lipinski definition) is 2. The molecule has 1 aromatic rings. The van der Waals surface area contributed by atoms with Gasteiger partial charge in [0.05, 0.1) is 31.7 Å². The van der Waals surface area contributed by atoms with Crippen molar-refractivity contribution in [2.75, 3.05) is 51.8 Å². The number of nitriles is 1. The molecule has 8 nitrogen and oxygen atoms in total. The first-order valence-electron chi connectivity index (χ1n) is 9.36. The lowest BCUT2D eigenvalue weighted by Gasteiger charge is -2.31. The van der Waals surface area contributed by atoms with Gasteiger partial charge in [-0.25, -0.2) is 0 Å². The largest absolute Gasteiger partial charge is 0.385 e. The van der Waals surface area contributed by atoms with Crippen molar-refractivity contribution in [3.8, 4) is 6.07 Å². The first-order chi connectivity index (χ1) is 12.9. The van der Waals surface area contributed by atoms with Crippen LogP contribution < -0.4 is 10.2 Å². The van der Waals surface area contributed by atoms with Crippen molar-refractivity contribution in [3.05, 3.63) is 16.8 Å². The zero-order valence-corrected chi connectivity index (χ0v) is 16.7. The van der Waals surface area contributed by atoms with Gasteiger partial charge in [0.1, 0.15) is 11.9 Å². The highest BCUT2D eigenvalue weighted by Gasteiger charge is 2.25. The fourth-order valence-corrected chi connectivity index (χ4v) is 3.49. The van der Waals surface area contributed by atoms with E-state index >= 15 is 0 Å². The van der Waals surface area contributed by atoms with Gasteiger partial charge in [0.15, 0.2) is 6.54 Å². The molecule has 1 aromatic heterocycles. The number of amides is 2. The Labute approximate surface area is 160 Å². The Morgan fingerprint density at radius 2 is 1.96 bits per heavy atom. The summed E-state index contributed by atoms with van der Waals surface area (Å²) in [6, 6.07) is 2.23. The summed E-state index contributed by atoms with van der Waals surface area (Å²) >= 11 is 0. The van der Waals surface area contributed by atoms with Crippen molar-refractivity contribution >= 4 is 17.6 Å². The molecule has 0 saturated carbocycles. The monoisotopic (exact) mass is 376 g/mol. The van der Waals surface area contributed by atoms with E-state index in [1.165, 1.54) is 0 Å². The number of anilines is 1. The molecule has 1 aliphatic heterocycles. The molecule has 1 aliphatic rings. The Balaban J connectivity index is 2.05. The summed E-state index contributed by atoms with van der Waals surface area (Å²) in [5.41, 5.74) is 2.41. The first kappa shape index (κ1) is 20.9. The Morgan fingerprint density at radius 3 is 2.52 bits per heavy atom. The molecule has 1 fully saturated rings. The summed E-state index contributed by atoms with van der Waals surface area (Å²) in [6.45, 7) is 9.93. The Morgan fingerprint density at radius 1 is 1.30 bits per heavy atom. The smallest absolute Gasteiger partial charge is 0.280 e. The zero-order chi connectivity index (χ0) is 20.0. The van der Waals surface area contributed by atoms with E-state index in [0.29, 0.717) is 44.2 Å². The van der Waals surface area contributed by atoms with Gasteiger partial charge in [-0.1, -0.05) is 0 Å². The molecule has 0 atom stereocenters. The van der Waals surface area contributed by atoms with Crippen LogP contribution >= 0.6 is 0 Å². The van der Waals surface area contributed by atoms with Crippen molar-refractivity contribution < 1.29 is 19.2 Å². The number of carbonyl (C=O) groups excluding carboxylic acids is 2. The molecule has 2 amide bonds. The summed E-state index contributed by atoms with van der Waals surface area (Å²) in [6.07, 6.45) is 0.803. The molecule has 0 bridgehead atoms. The van der Waals surface area contributed by atoms with Gasteiger partial charge in [0, 0.05) is 32.9 Å². The van der Waals surface area contributed by atoms with Gasteiger partial charge in [-0.2, -0.15) is 5.26 Å². The lowest BCUT2D eigenvalue weighted by Crippen LogP contribution is -3.15. The van der Waals surface area contributed by atoms with Crippen molar-refractivity contribution in [3.63, 3.8) is 0 Å². The molecule has 0 aromatic carbocycles. The van der Waals surface area contributed by atoms with Crippen LogP contribution in [0.25, 0.3) is 0 Å². The van der Waals surface area contributed by atoms with E-state index in [4.69, 9.17) is 4.74 Å². The third kappa shape index (κ3) is 5.08. The first-order valence-corrected chi connectivity index (χ1v) is 9.36. The summed E-state index contributed by atoms with van der Waals surface area (Å²) in [7, 11) is 1.66. The number of rotatable bonds is 7. The van der Waals surface area contributed by atoms with E-state index in [0.717, 1.165) is 35.7 Å². The molecule has 2 heterocycles. The standard InChI is InChI=1S/C19H29N5O3/c1-14-15(2)24(6-5-11-27-4)19(17(14)12-20)21-18(26)13-22-7-9-23(10-8-22)16(3)25/h5-11,13H2,1-4H3,(H,21,26)/p+1. The van der Waals surface area contributed by atoms with E-state index in [1.807, 2.05) is 23.3 Å². The normalized spacial score (nSPS) is 14.9. The molecule has 2 N–H and O–H groups in total. The fraction of sp³-hybridized carbons (Fsp3) is 0.632. The fourth-order valence-electron chi connectivity index (χ4n) is 3.49. The summed E-state index contributed by atoms with van der Waals surface area (Å²) in [4.78, 5) is 27.0. The van der Waals surface area contributed by atoms with E-state index < -0.39 is 0 Å². The molecule has 2 rings (SSSR count). The second kappa shape index (κ2) is 9.53. The summed E-state index contributed by atoms with van der Waals surface area (Å²) < 4.78 is 7.11. The van der Waals surface area contributed by atoms with Gasteiger partial charge >= 0.3 is 0 Å². The number of methoxy groups -OCH3 is 1. The quantitative estimate of drug-likeness (QED) is 0.639. The molecule has 0 aliphatic carbocycles. The van der Waals surface area contributed by atoms with Crippen LogP contribution in [0, 0.1) is 25.2 Å². The lowest BCUT2D eigenvalue weighted by atomic mass is 10.2. The van der Waals surface area contributed by atoms with Crippen LogP contribution in [0.2, 0.25) is 0 Å². The van der Waals surface area contributed by atoms with Gasteiger partial charge in [0.25, 0.3) is 5.91 Å². The van der Waals surface area contributed by atoms with Crippen LogP contribution in [0.5, 0.6) is 0 Å². The molecule has 0 unspecified atom stereocenters. The molecule has 0 spiro atoms. The molecule has 8 heteroatoms. The number of hydrogen-bond acceptors (Lipinski definition) is 4. The van der Waals surface area contributed by atoms with Crippen LogP contribution in [-0.2, 0) is 20.9 Å². The van der Waals surface area contributed by atoms with Crippen LogP contribution in [0.1, 0.15) is 30.2 Å². The van der Waals surface area contributed by atoms with Gasteiger partial charge in [-0.3, -0.25) is 9.59 Å². The van der Waals surface area contributed by atoms with Gasteiger partial charge in [-0.05, 0) is 25.8 Å². The number of carbonyl (C=O) groups is 2. The highest BCUT2D eigenvalue weighted by molar-refractivity contribution is 5.92. The average molecular weight is 376 g/mol. The Hall–Kier alpha value is -2.37. The minimum Gasteiger partial charge on any atom is -0.385 e. The van der Waals surface area contributed by atoms with E-state index in [1.54, 1.807) is 14.0 Å². The van der Waals surface area contributed by atoms with Gasteiger partial charge in [0.2, 0.25) is 5.91 Å². The molecule has 148 valence electrons. The predicted octanol–water partition coefficient (Wildman–Crippen LogP) is -0.301. The van der Waals surface area contributed by atoms with E-state index in [-0.39, 0.29) is 11.8 Å². The third-order valence-electron chi connectivity index (χ3n) is 5.26. The maximum atomic E-state index is 12.6. The number of nitrogens with one attached hydrogen (secondary N) is 2. The molecule has 27 heavy (non-hydrogen) atoms. The number of aromatic nitrogens is 1. The highest BCUT2D eigenvalue weighted by atomic mass is 16.5. The number of quaternary nitrogens is 1. The zero-order valence-electron chi connectivity index (χ0n) is 16.7. The van der Waals surface area contributed by atoms with Crippen LogP contribution in [-0.4, -0.2) is 67.7 Å². The Bertz CT molecular complexity index is 727. The number of ether oxygens (including phenoxy) is 1. The van der Waals surface area contributed by atoms with Gasteiger partial charge < -0.3 is 24.4 Å².